The molecule has 0 saturated carbocycles. The smallest absolute Gasteiger partial charge is 0.119 e. The van der Waals surface area contributed by atoms with E-state index >= 15 is 0 Å². The molecule has 0 aliphatic heterocycles. The molecule has 0 spiro atoms. The SMILES string of the molecule is Cc1[c]c(N=O)c(C)cc1. The van der Waals surface area contributed by atoms with Crippen LogP contribution in [0.5, 0.6) is 0 Å². The second kappa shape index (κ2) is 2.60. The first kappa shape index (κ1) is 6.93. The van der Waals surface area contributed by atoms with Crippen LogP contribution in [0.3, 0.4) is 0 Å². The molecule has 0 unspecified atom stereocenters. The van der Waals surface area contributed by atoms with Gasteiger partial charge in [0.25, 0.3) is 0 Å². The van der Waals surface area contributed by atoms with Gasteiger partial charge in [0.1, 0.15) is 5.69 Å². The second-order valence-corrected chi connectivity index (χ2v) is 2.26. The third-order valence-corrected chi connectivity index (χ3v) is 1.36. The maximum atomic E-state index is 10.1. The lowest BCUT2D eigenvalue weighted by Gasteiger charge is -1.95. The normalized spacial score (nSPS) is 9.40. The molecule has 0 heterocycles. The number of nitroso groups, excluding NO2 is 1. The van der Waals surface area contributed by atoms with Crippen molar-refractivity contribution in [1.82, 2.24) is 0 Å². The molecule has 1 radical (unpaired) electrons. The van der Waals surface area contributed by atoms with Crippen molar-refractivity contribution in [3.63, 3.8) is 0 Å². The molecule has 0 aliphatic carbocycles. The van der Waals surface area contributed by atoms with Crippen LogP contribution in [0.4, 0.5) is 5.69 Å². The molecule has 0 aliphatic rings. The van der Waals surface area contributed by atoms with Gasteiger partial charge in [0.15, 0.2) is 0 Å². The summed E-state index contributed by atoms with van der Waals surface area (Å²) in [6, 6.07) is 6.62. The minimum Gasteiger partial charge on any atom is -0.145 e. The molecule has 0 N–H and O–H groups in total. The van der Waals surface area contributed by atoms with E-state index in [1.807, 2.05) is 26.0 Å². The minimum absolute atomic E-state index is 0.417. The largest absolute Gasteiger partial charge is 0.145 e. The Kier molecular flexibility index (Phi) is 1.81. The second-order valence-electron chi connectivity index (χ2n) is 2.26. The molecule has 1 aromatic carbocycles. The summed E-state index contributed by atoms with van der Waals surface area (Å²) in [5.74, 6) is 0. The third-order valence-electron chi connectivity index (χ3n) is 1.36. The van der Waals surface area contributed by atoms with Crippen molar-refractivity contribution in [2.45, 2.75) is 13.8 Å². The van der Waals surface area contributed by atoms with Crippen LogP contribution in [0.2, 0.25) is 0 Å². The van der Waals surface area contributed by atoms with Gasteiger partial charge in [-0.25, -0.2) is 0 Å². The van der Waals surface area contributed by atoms with Crippen LogP contribution in [-0.2, 0) is 0 Å². The van der Waals surface area contributed by atoms with Crippen molar-refractivity contribution in [2.75, 3.05) is 0 Å². The Labute approximate surface area is 59.9 Å². The molecule has 1 aromatic rings. The molecule has 10 heavy (non-hydrogen) atoms. The molecule has 0 atom stereocenters. The molecule has 2 nitrogen and oxygen atoms in total. The summed E-state index contributed by atoms with van der Waals surface area (Å²) in [5.41, 5.74) is 2.24. The Balaban J connectivity index is 3.21. The number of hydrogen-bond acceptors (Lipinski definition) is 2. The molecule has 51 valence electrons. The van der Waals surface area contributed by atoms with E-state index in [1.54, 1.807) is 0 Å². The predicted octanol–water partition coefficient (Wildman–Crippen LogP) is 2.50. The molecular formula is C8H8NO. The Morgan fingerprint density at radius 1 is 1.40 bits per heavy atom. The molecular weight excluding hydrogens is 126 g/mol. The summed E-state index contributed by atoms with van der Waals surface area (Å²) in [5, 5.41) is 2.83. The summed E-state index contributed by atoms with van der Waals surface area (Å²) in [6.07, 6.45) is 0. The van der Waals surface area contributed by atoms with Gasteiger partial charge in [-0.05, 0) is 30.2 Å². The first-order chi connectivity index (χ1) is 4.74. The van der Waals surface area contributed by atoms with Crippen LogP contribution in [-0.4, -0.2) is 0 Å². The van der Waals surface area contributed by atoms with Gasteiger partial charge >= 0.3 is 0 Å². The lowest BCUT2D eigenvalue weighted by Crippen LogP contribution is -1.75. The minimum atomic E-state index is 0.417. The first-order valence-electron chi connectivity index (χ1n) is 3.07. The van der Waals surface area contributed by atoms with E-state index in [9.17, 15) is 4.91 Å². The zero-order chi connectivity index (χ0) is 7.56. The number of hydrogen-bond donors (Lipinski definition) is 0. The molecule has 1 rings (SSSR count). The molecule has 0 amide bonds. The Morgan fingerprint density at radius 2 is 2.10 bits per heavy atom. The van der Waals surface area contributed by atoms with E-state index in [4.69, 9.17) is 0 Å². The van der Waals surface area contributed by atoms with Crippen molar-refractivity contribution in [3.05, 3.63) is 34.2 Å². The Morgan fingerprint density at radius 3 is 2.60 bits per heavy atom. The van der Waals surface area contributed by atoms with Crippen molar-refractivity contribution in [1.29, 1.82) is 0 Å². The molecule has 2 heteroatoms. The Bertz CT molecular complexity index is 255. The van der Waals surface area contributed by atoms with Gasteiger partial charge in [0, 0.05) is 6.07 Å². The fourth-order valence-corrected chi connectivity index (χ4v) is 0.751. The molecule has 0 bridgehead atoms. The summed E-state index contributed by atoms with van der Waals surface area (Å²) in [7, 11) is 0. The van der Waals surface area contributed by atoms with Crippen LogP contribution in [0.15, 0.2) is 17.3 Å². The Hall–Kier alpha value is -1.18. The number of benzene rings is 1. The van der Waals surface area contributed by atoms with Gasteiger partial charge in [0.2, 0.25) is 0 Å². The third kappa shape index (κ3) is 1.21. The van der Waals surface area contributed by atoms with Crippen LogP contribution in [0.25, 0.3) is 0 Å². The van der Waals surface area contributed by atoms with Crippen molar-refractivity contribution < 1.29 is 0 Å². The van der Waals surface area contributed by atoms with Crippen LogP contribution in [0.1, 0.15) is 11.1 Å². The summed E-state index contributed by atoms with van der Waals surface area (Å²) < 4.78 is 0. The highest BCUT2D eigenvalue weighted by Gasteiger charge is 1.96. The first-order valence-corrected chi connectivity index (χ1v) is 3.07. The summed E-state index contributed by atoms with van der Waals surface area (Å²) >= 11 is 0. The monoisotopic (exact) mass is 134 g/mol. The number of aryl methyl sites for hydroxylation is 2. The topological polar surface area (TPSA) is 29.4 Å². The van der Waals surface area contributed by atoms with Crippen LogP contribution in [0, 0.1) is 24.8 Å². The van der Waals surface area contributed by atoms with Crippen molar-refractivity contribution >= 4 is 5.69 Å². The van der Waals surface area contributed by atoms with Gasteiger partial charge in [-0.2, -0.15) is 0 Å². The maximum Gasteiger partial charge on any atom is 0.119 e. The van der Waals surface area contributed by atoms with Crippen molar-refractivity contribution in [2.24, 2.45) is 5.18 Å². The van der Waals surface area contributed by atoms with E-state index in [0.717, 1.165) is 11.1 Å². The highest BCUT2D eigenvalue weighted by atomic mass is 16.3. The van der Waals surface area contributed by atoms with Gasteiger partial charge < -0.3 is 0 Å². The zero-order valence-electron chi connectivity index (χ0n) is 6.01. The lowest BCUT2D eigenvalue weighted by molar-refractivity contribution is 1.33. The quantitative estimate of drug-likeness (QED) is 0.542. The average Bonchev–Trinajstić information content (AvgIpc) is 1.94. The van der Waals surface area contributed by atoms with E-state index in [0.29, 0.717) is 5.69 Å². The van der Waals surface area contributed by atoms with Crippen molar-refractivity contribution in [3.8, 4) is 0 Å². The average molecular weight is 134 g/mol. The highest BCUT2D eigenvalue weighted by Crippen LogP contribution is 2.17. The summed E-state index contributed by atoms with van der Waals surface area (Å²) in [4.78, 5) is 10.1. The number of rotatable bonds is 1. The van der Waals surface area contributed by atoms with Gasteiger partial charge in [-0.15, -0.1) is 4.91 Å². The maximum absolute atomic E-state index is 10.1. The lowest BCUT2D eigenvalue weighted by atomic mass is 10.1. The van der Waals surface area contributed by atoms with Crippen LogP contribution >= 0.6 is 0 Å². The molecule has 0 saturated heterocycles. The molecule has 0 aromatic heterocycles. The zero-order valence-corrected chi connectivity index (χ0v) is 6.01. The van der Waals surface area contributed by atoms with Gasteiger partial charge in [0.05, 0.1) is 0 Å². The van der Waals surface area contributed by atoms with E-state index in [2.05, 4.69) is 11.2 Å². The highest BCUT2D eigenvalue weighted by molar-refractivity contribution is 5.45. The van der Waals surface area contributed by atoms with E-state index < -0.39 is 0 Å². The van der Waals surface area contributed by atoms with Crippen LogP contribution < -0.4 is 0 Å². The summed E-state index contributed by atoms with van der Waals surface area (Å²) in [6.45, 7) is 3.72. The molecule has 0 fully saturated rings. The fourth-order valence-electron chi connectivity index (χ4n) is 0.751. The standard InChI is InChI=1S/C8H8NO/c1-6-3-4-7(2)8(5-6)9-10/h3-4H,1-2H3. The number of nitrogens with zero attached hydrogens (tertiary/aromatic N) is 1. The van der Waals surface area contributed by atoms with E-state index in [-0.39, 0.29) is 0 Å². The van der Waals surface area contributed by atoms with E-state index in [1.165, 1.54) is 0 Å². The van der Waals surface area contributed by atoms with Gasteiger partial charge in [-0.1, -0.05) is 12.1 Å². The fraction of sp³-hybridized carbons (Fsp3) is 0.250. The predicted molar refractivity (Wildman–Crippen MR) is 40.2 cm³/mol. The van der Waals surface area contributed by atoms with Gasteiger partial charge in [-0.3, -0.25) is 0 Å².